The number of carboxylic acids is 1. The largest absolute Gasteiger partial charge is 0.480 e. The summed E-state index contributed by atoms with van der Waals surface area (Å²) in [5.41, 5.74) is 0. The Morgan fingerprint density at radius 1 is 1.47 bits per heavy atom. The number of nitrogens with one attached hydrogen (secondary N) is 1. The van der Waals surface area contributed by atoms with Crippen LogP contribution in [0.2, 0.25) is 0 Å². The van der Waals surface area contributed by atoms with Gasteiger partial charge in [-0.1, -0.05) is 26.2 Å². The first-order valence-corrected chi connectivity index (χ1v) is 6.14. The minimum atomic E-state index is -0.742. The molecule has 88 valence electrons. The summed E-state index contributed by atoms with van der Waals surface area (Å²) in [7, 11) is 0. The number of hydrogen-bond donors (Lipinski definition) is 2. The van der Waals surface area contributed by atoms with Gasteiger partial charge in [0.15, 0.2) is 0 Å². The van der Waals surface area contributed by atoms with E-state index in [0.29, 0.717) is 12.0 Å². The Balaban J connectivity index is 2.45. The SMILES string of the molecule is CCCC(NC(C)C(=O)O)C1CCCC1. The van der Waals surface area contributed by atoms with Crippen LogP contribution in [0, 0.1) is 5.92 Å². The van der Waals surface area contributed by atoms with Crippen LogP contribution in [-0.4, -0.2) is 23.2 Å². The lowest BCUT2D eigenvalue weighted by molar-refractivity contribution is -0.139. The summed E-state index contributed by atoms with van der Waals surface area (Å²) < 4.78 is 0. The molecule has 0 aromatic rings. The molecule has 1 aliphatic rings. The summed E-state index contributed by atoms with van der Waals surface area (Å²) in [5.74, 6) is -0.0409. The van der Waals surface area contributed by atoms with Crippen LogP contribution in [0.4, 0.5) is 0 Å². The van der Waals surface area contributed by atoms with Gasteiger partial charge < -0.3 is 10.4 Å². The molecule has 3 nitrogen and oxygen atoms in total. The molecule has 1 fully saturated rings. The average molecular weight is 213 g/mol. The number of carbonyl (C=O) groups is 1. The molecule has 2 N–H and O–H groups in total. The highest BCUT2D eigenvalue weighted by Gasteiger charge is 2.26. The molecule has 1 saturated carbocycles. The molecule has 0 bridgehead atoms. The first-order valence-electron chi connectivity index (χ1n) is 6.14. The molecule has 0 heterocycles. The van der Waals surface area contributed by atoms with E-state index in [1.807, 2.05) is 0 Å². The quantitative estimate of drug-likeness (QED) is 0.712. The fourth-order valence-corrected chi connectivity index (χ4v) is 2.52. The van der Waals surface area contributed by atoms with E-state index < -0.39 is 12.0 Å². The van der Waals surface area contributed by atoms with Gasteiger partial charge in [-0.15, -0.1) is 0 Å². The van der Waals surface area contributed by atoms with Crippen molar-refractivity contribution in [3.63, 3.8) is 0 Å². The Morgan fingerprint density at radius 2 is 2.07 bits per heavy atom. The van der Waals surface area contributed by atoms with Gasteiger partial charge in [-0.3, -0.25) is 4.79 Å². The van der Waals surface area contributed by atoms with Gasteiger partial charge in [0.1, 0.15) is 6.04 Å². The van der Waals surface area contributed by atoms with Crippen molar-refractivity contribution in [2.24, 2.45) is 5.92 Å². The van der Waals surface area contributed by atoms with E-state index >= 15 is 0 Å². The lowest BCUT2D eigenvalue weighted by Crippen LogP contribution is -2.44. The third kappa shape index (κ3) is 3.82. The molecule has 3 heteroatoms. The Labute approximate surface area is 92.3 Å². The van der Waals surface area contributed by atoms with E-state index in [9.17, 15) is 4.79 Å². The van der Waals surface area contributed by atoms with Gasteiger partial charge in [0.05, 0.1) is 0 Å². The number of hydrogen-bond acceptors (Lipinski definition) is 2. The Morgan fingerprint density at radius 3 is 2.53 bits per heavy atom. The van der Waals surface area contributed by atoms with Gasteiger partial charge in [0.2, 0.25) is 0 Å². The fourth-order valence-electron chi connectivity index (χ4n) is 2.52. The van der Waals surface area contributed by atoms with Crippen molar-refractivity contribution < 1.29 is 9.90 Å². The number of aliphatic carboxylic acids is 1. The van der Waals surface area contributed by atoms with Gasteiger partial charge in [-0.25, -0.2) is 0 Å². The standard InChI is InChI=1S/C12H23NO2/c1-3-6-11(10-7-4-5-8-10)13-9(2)12(14)15/h9-11,13H,3-8H2,1-2H3,(H,14,15). The van der Waals surface area contributed by atoms with Crippen molar-refractivity contribution in [2.75, 3.05) is 0 Å². The molecule has 1 rings (SSSR count). The van der Waals surface area contributed by atoms with Crippen LogP contribution in [0.15, 0.2) is 0 Å². The smallest absolute Gasteiger partial charge is 0.320 e. The Kier molecular flexibility index (Phi) is 5.09. The van der Waals surface area contributed by atoms with Crippen molar-refractivity contribution in [3.05, 3.63) is 0 Å². The molecular formula is C12H23NO2. The van der Waals surface area contributed by atoms with Crippen molar-refractivity contribution >= 4 is 5.97 Å². The highest BCUT2D eigenvalue weighted by atomic mass is 16.4. The molecule has 0 spiro atoms. The second-order valence-electron chi connectivity index (χ2n) is 4.67. The maximum Gasteiger partial charge on any atom is 0.320 e. The van der Waals surface area contributed by atoms with Crippen LogP contribution in [0.5, 0.6) is 0 Å². The fraction of sp³-hybridized carbons (Fsp3) is 0.917. The second kappa shape index (κ2) is 6.11. The number of rotatable bonds is 6. The third-order valence-corrected chi connectivity index (χ3v) is 3.40. The molecule has 1 aliphatic carbocycles. The molecule has 2 atom stereocenters. The summed E-state index contributed by atoms with van der Waals surface area (Å²) >= 11 is 0. The third-order valence-electron chi connectivity index (χ3n) is 3.40. The van der Waals surface area contributed by atoms with Crippen molar-refractivity contribution in [1.29, 1.82) is 0 Å². The van der Waals surface area contributed by atoms with Gasteiger partial charge in [0, 0.05) is 6.04 Å². The molecule has 2 unspecified atom stereocenters. The van der Waals surface area contributed by atoms with Crippen LogP contribution in [-0.2, 0) is 4.79 Å². The first kappa shape index (κ1) is 12.5. The monoisotopic (exact) mass is 213 g/mol. The van der Waals surface area contributed by atoms with Crippen molar-refractivity contribution in [2.45, 2.75) is 64.5 Å². The van der Waals surface area contributed by atoms with Crippen molar-refractivity contribution in [1.82, 2.24) is 5.32 Å². The van der Waals surface area contributed by atoms with Gasteiger partial charge in [0.25, 0.3) is 0 Å². The van der Waals surface area contributed by atoms with Gasteiger partial charge in [-0.05, 0) is 32.1 Å². The molecule has 0 saturated heterocycles. The van der Waals surface area contributed by atoms with Crippen LogP contribution >= 0.6 is 0 Å². The maximum absolute atomic E-state index is 10.8. The summed E-state index contributed by atoms with van der Waals surface area (Å²) in [5, 5.41) is 12.1. The lowest BCUT2D eigenvalue weighted by Gasteiger charge is -2.26. The summed E-state index contributed by atoms with van der Waals surface area (Å²) in [6.07, 6.45) is 7.39. The van der Waals surface area contributed by atoms with Gasteiger partial charge in [-0.2, -0.15) is 0 Å². The number of carboxylic acid groups (broad SMARTS) is 1. The first-order chi connectivity index (χ1) is 7.15. The molecule has 0 aliphatic heterocycles. The summed E-state index contributed by atoms with van der Waals surface area (Å²) in [6, 6.07) is -0.00856. The van der Waals surface area contributed by atoms with Crippen LogP contribution in [0.3, 0.4) is 0 Å². The molecule has 0 aromatic carbocycles. The van der Waals surface area contributed by atoms with E-state index in [1.165, 1.54) is 25.7 Å². The maximum atomic E-state index is 10.8. The normalized spacial score (nSPS) is 21.5. The van der Waals surface area contributed by atoms with Crippen LogP contribution in [0.25, 0.3) is 0 Å². The molecule has 0 aromatic heterocycles. The van der Waals surface area contributed by atoms with Gasteiger partial charge >= 0.3 is 5.97 Å². The molecular weight excluding hydrogens is 190 g/mol. The Bertz CT molecular complexity index is 200. The predicted octanol–water partition coefficient (Wildman–Crippen LogP) is 2.41. The lowest BCUT2D eigenvalue weighted by atomic mass is 9.93. The van der Waals surface area contributed by atoms with E-state index in [0.717, 1.165) is 12.8 Å². The summed E-state index contributed by atoms with van der Waals surface area (Å²) in [4.78, 5) is 10.8. The zero-order valence-corrected chi connectivity index (χ0v) is 9.83. The minimum Gasteiger partial charge on any atom is -0.480 e. The van der Waals surface area contributed by atoms with E-state index in [-0.39, 0.29) is 0 Å². The molecule has 0 radical (unpaired) electrons. The molecule has 15 heavy (non-hydrogen) atoms. The Hall–Kier alpha value is -0.570. The highest BCUT2D eigenvalue weighted by molar-refractivity contribution is 5.72. The van der Waals surface area contributed by atoms with Crippen LogP contribution in [0.1, 0.15) is 52.4 Å². The zero-order valence-electron chi connectivity index (χ0n) is 9.83. The average Bonchev–Trinajstić information content (AvgIpc) is 2.69. The topological polar surface area (TPSA) is 49.3 Å². The minimum absolute atomic E-state index is 0.406. The molecule has 0 amide bonds. The van der Waals surface area contributed by atoms with E-state index in [4.69, 9.17) is 5.11 Å². The highest BCUT2D eigenvalue weighted by Crippen LogP contribution is 2.29. The predicted molar refractivity (Wildman–Crippen MR) is 60.9 cm³/mol. The van der Waals surface area contributed by atoms with Crippen molar-refractivity contribution in [3.8, 4) is 0 Å². The zero-order chi connectivity index (χ0) is 11.3. The second-order valence-corrected chi connectivity index (χ2v) is 4.67. The van der Waals surface area contributed by atoms with E-state index in [2.05, 4.69) is 12.2 Å². The van der Waals surface area contributed by atoms with E-state index in [1.54, 1.807) is 6.92 Å². The van der Waals surface area contributed by atoms with Crippen LogP contribution < -0.4 is 5.32 Å². The summed E-state index contributed by atoms with van der Waals surface area (Å²) in [6.45, 7) is 3.90.